The Labute approximate surface area is 162 Å². The van der Waals surface area contributed by atoms with Crippen LogP contribution in [0.4, 0.5) is 0 Å². The normalized spacial score (nSPS) is 13.3. The number of aryl methyl sites for hydroxylation is 3. The number of aliphatic hydroxyl groups is 1. The zero-order valence-electron chi connectivity index (χ0n) is 16.7. The smallest absolute Gasteiger partial charge is 0.122 e. The molecule has 2 aromatic carbocycles. The second-order valence-corrected chi connectivity index (χ2v) is 7.33. The van der Waals surface area contributed by atoms with Crippen molar-refractivity contribution in [3.63, 3.8) is 0 Å². The zero-order valence-corrected chi connectivity index (χ0v) is 16.7. The van der Waals surface area contributed by atoms with Crippen LogP contribution in [0.2, 0.25) is 0 Å². The molecular formula is C24H30O3. The first kappa shape index (κ1) is 20.8. The molecule has 1 atom stereocenters. The van der Waals surface area contributed by atoms with Gasteiger partial charge in [0, 0.05) is 6.42 Å². The average Bonchev–Trinajstić information content (AvgIpc) is 2.60. The summed E-state index contributed by atoms with van der Waals surface area (Å²) in [6, 6.07) is 9.53. The Morgan fingerprint density at radius 3 is 2.37 bits per heavy atom. The Bertz CT molecular complexity index is 845. The SMILES string of the molecule is CC(/C=C\C(C)O)=C/CCc1cc(C)cc(Cc2cc(C)ccc2O)c1O. The standard InChI is InChI=1S/C24H30O3/c1-16(8-10-19(4)25)6-5-7-20-13-18(3)14-22(24(20)27)15-21-12-17(2)9-11-23(21)26/h6,8-14,19,25-27H,5,7,15H2,1-4H3/b10-8-,16-6-. The number of rotatable bonds is 7. The second kappa shape index (κ2) is 9.43. The van der Waals surface area contributed by atoms with Crippen LogP contribution in [-0.2, 0) is 12.8 Å². The highest BCUT2D eigenvalue weighted by atomic mass is 16.3. The topological polar surface area (TPSA) is 60.7 Å². The van der Waals surface area contributed by atoms with E-state index in [1.807, 2.05) is 51.1 Å². The zero-order chi connectivity index (χ0) is 20.0. The van der Waals surface area contributed by atoms with E-state index in [1.54, 1.807) is 19.1 Å². The van der Waals surface area contributed by atoms with Crippen LogP contribution < -0.4 is 0 Å². The third-order valence-electron chi connectivity index (χ3n) is 4.55. The van der Waals surface area contributed by atoms with Gasteiger partial charge in [-0.3, -0.25) is 0 Å². The molecule has 3 nitrogen and oxygen atoms in total. The summed E-state index contributed by atoms with van der Waals surface area (Å²) in [4.78, 5) is 0. The van der Waals surface area contributed by atoms with Gasteiger partial charge in [-0.05, 0) is 63.3 Å². The number of hydrogen-bond acceptors (Lipinski definition) is 3. The van der Waals surface area contributed by atoms with Crippen LogP contribution in [0.3, 0.4) is 0 Å². The van der Waals surface area contributed by atoms with Gasteiger partial charge in [0.05, 0.1) is 6.10 Å². The van der Waals surface area contributed by atoms with Gasteiger partial charge in [-0.25, -0.2) is 0 Å². The van der Waals surface area contributed by atoms with E-state index in [4.69, 9.17) is 0 Å². The van der Waals surface area contributed by atoms with Gasteiger partial charge in [0.1, 0.15) is 11.5 Å². The maximum atomic E-state index is 10.7. The van der Waals surface area contributed by atoms with Crippen LogP contribution in [0.1, 0.15) is 48.1 Å². The Morgan fingerprint density at radius 2 is 1.67 bits per heavy atom. The van der Waals surface area contributed by atoms with Crippen LogP contribution >= 0.6 is 0 Å². The highest BCUT2D eigenvalue weighted by Crippen LogP contribution is 2.30. The molecule has 1 unspecified atom stereocenters. The summed E-state index contributed by atoms with van der Waals surface area (Å²) in [7, 11) is 0. The van der Waals surface area contributed by atoms with Crippen molar-refractivity contribution in [2.24, 2.45) is 0 Å². The predicted molar refractivity (Wildman–Crippen MR) is 111 cm³/mol. The Balaban J connectivity index is 2.17. The molecule has 0 amide bonds. The second-order valence-electron chi connectivity index (χ2n) is 7.33. The van der Waals surface area contributed by atoms with Gasteiger partial charge in [0.15, 0.2) is 0 Å². The summed E-state index contributed by atoms with van der Waals surface area (Å²) in [5.41, 5.74) is 5.84. The van der Waals surface area contributed by atoms with Crippen LogP contribution in [0.15, 0.2) is 54.1 Å². The summed E-state index contributed by atoms with van der Waals surface area (Å²) in [6.07, 6.45) is 7.36. The van der Waals surface area contributed by atoms with Crippen molar-refractivity contribution in [3.8, 4) is 11.5 Å². The molecule has 0 saturated carbocycles. The first-order valence-electron chi connectivity index (χ1n) is 9.39. The molecule has 0 spiro atoms. The fourth-order valence-electron chi connectivity index (χ4n) is 3.14. The Hall–Kier alpha value is -2.52. The number of benzene rings is 2. The van der Waals surface area contributed by atoms with E-state index < -0.39 is 6.10 Å². The molecule has 0 aromatic heterocycles. The lowest BCUT2D eigenvalue weighted by Crippen LogP contribution is -1.96. The number of aromatic hydroxyl groups is 2. The molecule has 27 heavy (non-hydrogen) atoms. The van der Waals surface area contributed by atoms with Gasteiger partial charge in [0.2, 0.25) is 0 Å². The van der Waals surface area contributed by atoms with E-state index in [2.05, 4.69) is 6.08 Å². The lowest BCUT2D eigenvalue weighted by atomic mass is 9.95. The maximum absolute atomic E-state index is 10.7. The summed E-state index contributed by atoms with van der Waals surface area (Å²) in [5.74, 6) is 0.568. The van der Waals surface area contributed by atoms with Gasteiger partial charge in [-0.15, -0.1) is 0 Å². The maximum Gasteiger partial charge on any atom is 0.122 e. The van der Waals surface area contributed by atoms with Crippen molar-refractivity contribution < 1.29 is 15.3 Å². The van der Waals surface area contributed by atoms with E-state index >= 15 is 0 Å². The summed E-state index contributed by atoms with van der Waals surface area (Å²) in [6.45, 7) is 7.74. The molecule has 0 fully saturated rings. The first-order chi connectivity index (χ1) is 12.8. The van der Waals surface area contributed by atoms with Crippen LogP contribution in [0.5, 0.6) is 11.5 Å². The van der Waals surface area contributed by atoms with Gasteiger partial charge in [-0.1, -0.05) is 59.2 Å². The van der Waals surface area contributed by atoms with Gasteiger partial charge in [0.25, 0.3) is 0 Å². The monoisotopic (exact) mass is 366 g/mol. The van der Waals surface area contributed by atoms with Crippen molar-refractivity contribution in [3.05, 3.63) is 82.0 Å². The molecular weight excluding hydrogens is 336 g/mol. The third-order valence-corrected chi connectivity index (χ3v) is 4.55. The molecule has 144 valence electrons. The summed E-state index contributed by atoms with van der Waals surface area (Å²) >= 11 is 0. The van der Waals surface area contributed by atoms with E-state index in [1.165, 1.54) is 0 Å². The van der Waals surface area contributed by atoms with E-state index in [9.17, 15) is 15.3 Å². The molecule has 0 aliphatic rings. The fraction of sp³-hybridized carbons (Fsp3) is 0.333. The van der Waals surface area contributed by atoms with Crippen molar-refractivity contribution in [1.29, 1.82) is 0 Å². The van der Waals surface area contributed by atoms with Crippen molar-refractivity contribution in [2.45, 2.75) is 53.1 Å². The lowest BCUT2D eigenvalue weighted by molar-refractivity contribution is 0.244. The minimum absolute atomic E-state index is 0.256. The van der Waals surface area contributed by atoms with Crippen LogP contribution in [0, 0.1) is 13.8 Å². The highest BCUT2D eigenvalue weighted by Gasteiger charge is 2.11. The molecule has 0 radical (unpaired) electrons. The molecule has 3 N–H and O–H groups in total. The van der Waals surface area contributed by atoms with E-state index in [0.717, 1.165) is 46.2 Å². The first-order valence-corrected chi connectivity index (χ1v) is 9.39. The number of aliphatic hydroxyl groups excluding tert-OH is 1. The van der Waals surface area contributed by atoms with Crippen LogP contribution in [-0.4, -0.2) is 21.4 Å². The largest absolute Gasteiger partial charge is 0.508 e. The number of phenolic OH excluding ortho intramolecular Hbond substituents is 2. The van der Waals surface area contributed by atoms with E-state index in [-0.39, 0.29) is 5.75 Å². The molecule has 0 saturated heterocycles. The Morgan fingerprint density at radius 1 is 1.00 bits per heavy atom. The van der Waals surface area contributed by atoms with Crippen molar-refractivity contribution in [1.82, 2.24) is 0 Å². The average molecular weight is 367 g/mol. The Kier molecular flexibility index (Phi) is 7.26. The number of hydrogen-bond donors (Lipinski definition) is 3. The fourth-order valence-corrected chi connectivity index (χ4v) is 3.14. The number of phenols is 2. The molecule has 3 heteroatoms. The quantitative estimate of drug-likeness (QED) is 0.596. The summed E-state index contributed by atoms with van der Waals surface area (Å²) < 4.78 is 0. The third kappa shape index (κ3) is 6.30. The molecule has 2 rings (SSSR count). The highest BCUT2D eigenvalue weighted by molar-refractivity contribution is 5.48. The molecule has 0 bridgehead atoms. The molecule has 0 aliphatic carbocycles. The molecule has 2 aromatic rings. The minimum atomic E-state index is -0.449. The lowest BCUT2D eigenvalue weighted by Gasteiger charge is -2.13. The van der Waals surface area contributed by atoms with Crippen LogP contribution in [0.25, 0.3) is 0 Å². The predicted octanol–water partition coefficient (Wildman–Crippen LogP) is 5.12. The minimum Gasteiger partial charge on any atom is -0.508 e. The number of allylic oxidation sites excluding steroid dienone is 3. The van der Waals surface area contributed by atoms with Gasteiger partial charge < -0.3 is 15.3 Å². The molecule has 0 aliphatic heterocycles. The van der Waals surface area contributed by atoms with Crippen molar-refractivity contribution >= 4 is 0 Å². The van der Waals surface area contributed by atoms with Crippen molar-refractivity contribution in [2.75, 3.05) is 0 Å². The summed E-state index contributed by atoms with van der Waals surface area (Å²) in [5, 5.41) is 30.1. The van der Waals surface area contributed by atoms with E-state index in [0.29, 0.717) is 12.2 Å². The molecule has 0 heterocycles. The van der Waals surface area contributed by atoms with Gasteiger partial charge in [-0.2, -0.15) is 0 Å². The van der Waals surface area contributed by atoms with Gasteiger partial charge >= 0.3 is 0 Å².